The number of primary amides is 1. The van der Waals surface area contributed by atoms with E-state index < -0.39 is 5.91 Å². The molecule has 8 heteroatoms. The minimum Gasteiger partial charge on any atom is -0.364 e. The molecule has 23 heavy (non-hydrogen) atoms. The van der Waals surface area contributed by atoms with Crippen LogP contribution in [0.15, 0.2) is 23.5 Å². The number of nitrogens with zero attached hydrogens (tertiary/aromatic N) is 4. The summed E-state index contributed by atoms with van der Waals surface area (Å²) < 4.78 is 3.74. The van der Waals surface area contributed by atoms with E-state index in [9.17, 15) is 4.79 Å². The number of thioether (sulfide) groups is 1. The summed E-state index contributed by atoms with van der Waals surface area (Å²) in [6.07, 6.45) is 5.81. The maximum absolute atomic E-state index is 11.8. The number of hydrogen-bond donors (Lipinski definition) is 2. The SMILES string of the molecule is CSc1nc(-c2cc(C(N)=O)n(C3CCNCC3)n2)cc[n+]1C. The molecule has 0 bridgehead atoms. The Labute approximate surface area is 139 Å². The topological polar surface area (TPSA) is 89.7 Å². The average molecular weight is 333 g/mol. The molecule has 1 aliphatic heterocycles. The van der Waals surface area contributed by atoms with Crippen molar-refractivity contribution >= 4 is 17.7 Å². The lowest BCUT2D eigenvalue weighted by Crippen LogP contribution is -2.32. The quantitative estimate of drug-likeness (QED) is 0.483. The minimum absolute atomic E-state index is 0.201. The Morgan fingerprint density at radius 1 is 1.43 bits per heavy atom. The Kier molecular flexibility index (Phi) is 4.63. The summed E-state index contributed by atoms with van der Waals surface area (Å²) in [7, 11) is 1.95. The number of rotatable bonds is 4. The van der Waals surface area contributed by atoms with Crippen LogP contribution in [0, 0.1) is 0 Å². The van der Waals surface area contributed by atoms with Crippen LogP contribution < -0.4 is 15.6 Å². The fourth-order valence-electron chi connectivity index (χ4n) is 2.83. The highest BCUT2D eigenvalue weighted by molar-refractivity contribution is 7.98. The molecular formula is C15H21N6OS+. The van der Waals surface area contributed by atoms with Crippen molar-refractivity contribution in [3.63, 3.8) is 0 Å². The highest BCUT2D eigenvalue weighted by atomic mass is 32.2. The molecule has 1 fully saturated rings. The molecule has 0 aliphatic carbocycles. The number of amides is 1. The van der Waals surface area contributed by atoms with E-state index in [1.807, 2.05) is 30.1 Å². The van der Waals surface area contributed by atoms with Crippen LogP contribution in [0.4, 0.5) is 0 Å². The van der Waals surface area contributed by atoms with Crippen LogP contribution in [-0.2, 0) is 7.05 Å². The van der Waals surface area contributed by atoms with Gasteiger partial charge in [-0.25, -0.2) is 4.57 Å². The molecule has 3 heterocycles. The predicted molar refractivity (Wildman–Crippen MR) is 88.1 cm³/mol. The number of hydrogen-bond acceptors (Lipinski definition) is 5. The third-order valence-corrected chi connectivity index (χ3v) is 4.81. The van der Waals surface area contributed by atoms with Gasteiger partial charge in [0, 0.05) is 12.1 Å². The van der Waals surface area contributed by atoms with Crippen LogP contribution in [-0.4, -0.2) is 40.0 Å². The maximum atomic E-state index is 11.8. The van der Waals surface area contributed by atoms with Gasteiger partial charge in [0.05, 0.1) is 19.3 Å². The van der Waals surface area contributed by atoms with Gasteiger partial charge in [0.1, 0.15) is 11.4 Å². The van der Waals surface area contributed by atoms with Crippen LogP contribution in [0.5, 0.6) is 0 Å². The fraction of sp³-hybridized carbons (Fsp3) is 0.467. The Morgan fingerprint density at radius 2 is 2.17 bits per heavy atom. The summed E-state index contributed by atoms with van der Waals surface area (Å²) in [6, 6.07) is 3.85. The zero-order valence-electron chi connectivity index (χ0n) is 13.3. The second kappa shape index (κ2) is 6.67. The van der Waals surface area contributed by atoms with Crippen molar-refractivity contribution in [2.24, 2.45) is 12.8 Å². The predicted octanol–water partition coefficient (Wildman–Crippen LogP) is 0.515. The van der Waals surface area contributed by atoms with Gasteiger partial charge in [-0.05, 0) is 48.9 Å². The Morgan fingerprint density at radius 3 is 2.83 bits per heavy atom. The van der Waals surface area contributed by atoms with E-state index in [1.54, 1.807) is 22.5 Å². The second-order valence-corrected chi connectivity index (χ2v) is 6.39. The van der Waals surface area contributed by atoms with Gasteiger partial charge in [0.25, 0.3) is 5.91 Å². The molecule has 0 saturated carbocycles. The lowest BCUT2D eigenvalue weighted by Gasteiger charge is -2.24. The summed E-state index contributed by atoms with van der Waals surface area (Å²) in [5.74, 6) is -0.450. The molecule has 0 aromatic carbocycles. The van der Waals surface area contributed by atoms with Crippen molar-refractivity contribution in [2.45, 2.75) is 24.0 Å². The lowest BCUT2D eigenvalue weighted by molar-refractivity contribution is -0.713. The molecule has 0 atom stereocenters. The average Bonchev–Trinajstić information content (AvgIpc) is 3.02. The summed E-state index contributed by atoms with van der Waals surface area (Å²) in [5, 5.41) is 8.84. The molecule has 0 unspecified atom stereocenters. The lowest BCUT2D eigenvalue weighted by atomic mass is 10.1. The summed E-state index contributed by atoms with van der Waals surface area (Å²) in [5.41, 5.74) is 7.44. The first-order chi connectivity index (χ1) is 11.1. The molecule has 3 rings (SSSR count). The molecule has 1 saturated heterocycles. The summed E-state index contributed by atoms with van der Waals surface area (Å²) >= 11 is 1.57. The first kappa shape index (κ1) is 15.9. The number of nitrogens with one attached hydrogen (secondary N) is 1. The van der Waals surface area contributed by atoms with E-state index in [2.05, 4.69) is 15.4 Å². The standard InChI is InChI=1S/C15H20N6OS/c1-20-8-5-11(18-15(20)23-2)12-9-13(14(16)22)21(19-12)10-3-6-17-7-4-10/h5,8-10,17H,3-4,6-7H2,1-2H3,(H-,16,22)/p+1. The van der Waals surface area contributed by atoms with Gasteiger partial charge in [-0.2, -0.15) is 5.10 Å². The van der Waals surface area contributed by atoms with E-state index in [0.717, 1.165) is 36.8 Å². The number of aryl methyl sites for hydroxylation is 1. The first-order valence-corrected chi connectivity index (χ1v) is 8.83. The molecule has 1 aliphatic rings. The van der Waals surface area contributed by atoms with Gasteiger partial charge in [0.15, 0.2) is 0 Å². The molecule has 2 aromatic rings. The Hall–Kier alpha value is -1.93. The van der Waals surface area contributed by atoms with E-state index in [-0.39, 0.29) is 6.04 Å². The molecule has 7 nitrogen and oxygen atoms in total. The van der Waals surface area contributed by atoms with Crippen LogP contribution in [0.3, 0.4) is 0 Å². The maximum Gasteiger partial charge on any atom is 0.359 e. The number of nitrogens with two attached hydrogens (primary N) is 1. The summed E-state index contributed by atoms with van der Waals surface area (Å²) in [4.78, 5) is 16.4. The van der Waals surface area contributed by atoms with E-state index >= 15 is 0 Å². The van der Waals surface area contributed by atoms with Crippen LogP contribution in [0.25, 0.3) is 11.4 Å². The first-order valence-electron chi connectivity index (χ1n) is 7.61. The van der Waals surface area contributed by atoms with Crippen LogP contribution in [0.2, 0.25) is 0 Å². The van der Waals surface area contributed by atoms with Gasteiger partial charge in [0.2, 0.25) is 5.69 Å². The van der Waals surface area contributed by atoms with E-state index in [0.29, 0.717) is 11.4 Å². The minimum atomic E-state index is -0.450. The normalized spacial score (nSPS) is 15.7. The second-order valence-electron chi connectivity index (χ2n) is 5.62. The number of piperidine rings is 1. The smallest absolute Gasteiger partial charge is 0.359 e. The Bertz CT molecular complexity index is 723. The van der Waals surface area contributed by atoms with Gasteiger partial charge in [-0.1, -0.05) is 0 Å². The zero-order valence-corrected chi connectivity index (χ0v) is 14.1. The van der Waals surface area contributed by atoms with Gasteiger partial charge in [-0.3, -0.25) is 9.48 Å². The largest absolute Gasteiger partial charge is 0.364 e. The fourth-order valence-corrected chi connectivity index (χ4v) is 3.37. The van der Waals surface area contributed by atoms with E-state index in [1.165, 1.54) is 0 Å². The molecule has 0 radical (unpaired) electrons. The molecule has 122 valence electrons. The van der Waals surface area contributed by atoms with Crippen molar-refractivity contribution in [1.29, 1.82) is 0 Å². The highest BCUT2D eigenvalue weighted by Gasteiger charge is 2.24. The van der Waals surface area contributed by atoms with Crippen LogP contribution >= 0.6 is 11.8 Å². The molecule has 3 N–H and O–H groups in total. The number of carbonyl (C=O) groups is 1. The van der Waals surface area contributed by atoms with Gasteiger partial charge >= 0.3 is 5.16 Å². The summed E-state index contributed by atoms with van der Waals surface area (Å²) in [6.45, 7) is 1.85. The van der Waals surface area contributed by atoms with Gasteiger partial charge < -0.3 is 11.1 Å². The van der Waals surface area contributed by atoms with Crippen molar-refractivity contribution in [2.75, 3.05) is 19.3 Å². The number of aromatic nitrogens is 4. The van der Waals surface area contributed by atoms with Crippen molar-refractivity contribution < 1.29 is 9.36 Å². The Balaban J connectivity index is 2.01. The highest BCUT2D eigenvalue weighted by Crippen LogP contribution is 2.24. The zero-order chi connectivity index (χ0) is 16.4. The van der Waals surface area contributed by atoms with Crippen molar-refractivity contribution in [3.8, 4) is 11.4 Å². The molecule has 1 amide bonds. The third kappa shape index (κ3) is 3.23. The van der Waals surface area contributed by atoms with Crippen LogP contribution in [0.1, 0.15) is 29.4 Å². The van der Waals surface area contributed by atoms with Crippen molar-refractivity contribution in [3.05, 3.63) is 24.0 Å². The molecular weight excluding hydrogens is 312 g/mol. The number of carbonyl (C=O) groups excluding carboxylic acids is 1. The molecule has 2 aromatic heterocycles. The third-order valence-electron chi connectivity index (χ3n) is 4.06. The van der Waals surface area contributed by atoms with E-state index in [4.69, 9.17) is 5.73 Å². The van der Waals surface area contributed by atoms with Gasteiger partial charge in [-0.15, -0.1) is 0 Å². The molecule has 0 spiro atoms. The van der Waals surface area contributed by atoms with Crippen molar-refractivity contribution in [1.82, 2.24) is 20.1 Å². The monoisotopic (exact) mass is 333 g/mol.